The summed E-state index contributed by atoms with van der Waals surface area (Å²) >= 11 is 1.80. The first-order chi connectivity index (χ1) is 8.00. The van der Waals surface area contributed by atoms with Gasteiger partial charge in [-0.15, -0.1) is 0 Å². The van der Waals surface area contributed by atoms with Crippen molar-refractivity contribution in [2.45, 2.75) is 32.1 Å². The molecule has 0 saturated carbocycles. The second-order valence-electron chi connectivity index (χ2n) is 4.25. The fraction of sp³-hybridized carbons (Fsp3) is 0.538. The van der Waals surface area contributed by atoms with E-state index in [-0.39, 0.29) is 11.9 Å². The van der Waals surface area contributed by atoms with E-state index in [1.54, 1.807) is 23.9 Å². The third kappa shape index (κ3) is 4.96. The molecule has 0 spiro atoms. The van der Waals surface area contributed by atoms with Crippen molar-refractivity contribution >= 4 is 11.8 Å². The highest BCUT2D eigenvalue weighted by Gasteiger charge is 2.07. The van der Waals surface area contributed by atoms with Gasteiger partial charge in [-0.3, -0.25) is 0 Å². The molecule has 0 saturated heterocycles. The van der Waals surface area contributed by atoms with E-state index in [4.69, 9.17) is 10.5 Å². The normalized spacial score (nSPS) is 12.8. The van der Waals surface area contributed by atoms with Crippen LogP contribution in [-0.2, 0) is 0 Å². The van der Waals surface area contributed by atoms with Crippen molar-refractivity contribution in [2.75, 3.05) is 12.4 Å². The number of benzene rings is 1. The number of ether oxygens (including phenoxy) is 1. The van der Waals surface area contributed by atoms with Gasteiger partial charge < -0.3 is 10.5 Å². The van der Waals surface area contributed by atoms with Crippen LogP contribution in [0.5, 0.6) is 5.75 Å². The second kappa shape index (κ2) is 6.87. The van der Waals surface area contributed by atoms with E-state index in [0.29, 0.717) is 17.6 Å². The van der Waals surface area contributed by atoms with Gasteiger partial charge in [-0.05, 0) is 29.9 Å². The number of hydrogen-bond donors (Lipinski definition) is 1. The Bertz CT molecular complexity index is 355. The highest BCUT2D eigenvalue weighted by molar-refractivity contribution is 7.99. The van der Waals surface area contributed by atoms with E-state index in [1.165, 1.54) is 6.07 Å². The first-order valence-corrected chi connectivity index (χ1v) is 6.85. The van der Waals surface area contributed by atoms with Crippen molar-refractivity contribution in [2.24, 2.45) is 5.73 Å². The summed E-state index contributed by atoms with van der Waals surface area (Å²) in [6, 6.07) is 4.73. The van der Waals surface area contributed by atoms with Crippen molar-refractivity contribution < 1.29 is 9.13 Å². The number of nitrogens with two attached hydrogens (primary N) is 1. The molecule has 0 aliphatic carbocycles. The Labute approximate surface area is 107 Å². The van der Waals surface area contributed by atoms with Crippen LogP contribution in [0.25, 0.3) is 0 Å². The molecule has 0 radical (unpaired) electrons. The molecule has 0 amide bonds. The van der Waals surface area contributed by atoms with Gasteiger partial charge in [0.2, 0.25) is 0 Å². The van der Waals surface area contributed by atoms with Gasteiger partial charge >= 0.3 is 0 Å². The maximum Gasteiger partial charge on any atom is 0.165 e. The fourth-order valence-electron chi connectivity index (χ4n) is 1.35. The summed E-state index contributed by atoms with van der Waals surface area (Å²) in [6.07, 6.45) is 0. The van der Waals surface area contributed by atoms with Gasteiger partial charge in [0, 0.05) is 11.8 Å². The summed E-state index contributed by atoms with van der Waals surface area (Å²) in [5, 5.41) is 0.573. The van der Waals surface area contributed by atoms with Crippen LogP contribution < -0.4 is 10.5 Å². The zero-order valence-electron chi connectivity index (χ0n) is 10.6. The molecule has 0 heterocycles. The number of hydrogen-bond acceptors (Lipinski definition) is 3. The van der Waals surface area contributed by atoms with E-state index in [1.807, 2.05) is 6.92 Å². The fourth-order valence-corrected chi connectivity index (χ4v) is 2.00. The molecule has 0 aromatic heterocycles. The molecular formula is C13H20FNOS. The lowest BCUT2D eigenvalue weighted by molar-refractivity contribution is 0.324. The smallest absolute Gasteiger partial charge is 0.165 e. The van der Waals surface area contributed by atoms with Crippen LogP contribution in [-0.4, -0.2) is 17.6 Å². The van der Waals surface area contributed by atoms with Gasteiger partial charge in [-0.2, -0.15) is 11.8 Å². The Hall–Kier alpha value is -0.740. The molecular weight excluding hydrogens is 237 g/mol. The standard InChI is InChI=1S/C13H20FNOS/c1-9(2)17-7-6-16-13-5-4-11(10(3)15)8-12(13)14/h4-5,8-10H,6-7,15H2,1-3H3/t10-/m1/s1. The van der Waals surface area contributed by atoms with Crippen molar-refractivity contribution in [3.8, 4) is 5.75 Å². The Morgan fingerprint density at radius 2 is 2.06 bits per heavy atom. The van der Waals surface area contributed by atoms with E-state index in [2.05, 4.69) is 13.8 Å². The molecule has 2 nitrogen and oxygen atoms in total. The summed E-state index contributed by atoms with van der Waals surface area (Å²) in [5.74, 6) is 0.833. The molecule has 0 aliphatic rings. The van der Waals surface area contributed by atoms with Gasteiger partial charge in [0.05, 0.1) is 6.61 Å². The molecule has 96 valence electrons. The topological polar surface area (TPSA) is 35.2 Å². The zero-order chi connectivity index (χ0) is 12.8. The Morgan fingerprint density at radius 1 is 1.35 bits per heavy atom. The Kier molecular flexibility index (Phi) is 5.78. The van der Waals surface area contributed by atoms with Gasteiger partial charge in [0.1, 0.15) is 0 Å². The SMILES string of the molecule is CC(C)SCCOc1ccc([C@@H](C)N)cc1F. The lowest BCUT2D eigenvalue weighted by Crippen LogP contribution is -2.07. The van der Waals surface area contributed by atoms with E-state index < -0.39 is 0 Å². The first kappa shape index (κ1) is 14.3. The lowest BCUT2D eigenvalue weighted by Gasteiger charge is -2.11. The third-order valence-corrected chi connectivity index (χ3v) is 3.34. The number of thioether (sulfide) groups is 1. The summed E-state index contributed by atoms with van der Waals surface area (Å²) in [5.41, 5.74) is 6.46. The molecule has 4 heteroatoms. The maximum atomic E-state index is 13.6. The first-order valence-electron chi connectivity index (χ1n) is 5.80. The van der Waals surface area contributed by atoms with Gasteiger partial charge in [0.25, 0.3) is 0 Å². The van der Waals surface area contributed by atoms with Crippen molar-refractivity contribution in [3.63, 3.8) is 0 Å². The molecule has 1 aromatic rings. The average molecular weight is 257 g/mol. The summed E-state index contributed by atoms with van der Waals surface area (Å²) in [7, 11) is 0. The van der Waals surface area contributed by atoms with Gasteiger partial charge in [-0.1, -0.05) is 19.9 Å². The largest absolute Gasteiger partial charge is 0.490 e. The predicted molar refractivity (Wildman–Crippen MR) is 72.1 cm³/mol. The van der Waals surface area contributed by atoms with Crippen LogP contribution in [0.2, 0.25) is 0 Å². The molecule has 17 heavy (non-hydrogen) atoms. The van der Waals surface area contributed by atoms with Gasteiger partial charge in [-0.25, -0.2) is 4.39 Å². The Morgan fingerprint density at radius 3 is 2.59 bits per heavy atom. The lowest BCUT2D eigenvalue weighted by atomic mass is 10.1. The molecule has 0 bridgehead atoms. The monoisotopic (exact) mass is 257 g/mol. The van der Waals surface area contributed by atoms with Crippen LogP contribution >= 0.6 is 11.8 Å². The number of halogens is 1. The van der Waals surface area contributed by atoms with Crippen molar-refractivity contribution in [1.29, 1.82) is 0 Å². The quantitative estimate of drug-likeness (QED) is 0.794. The van der Waals surface area contributed by atoms with Crippen molar-refractivity contribution in [1.82, 2.24) is 0 Å². The molecule has 0 fully saturated rings. The molecule has 1 rings (SSSR count). The van der Waals surface area contributed by atoms with E-state index in [9.17, 15) is 4.39 Å². The van der Waals surface area contributed by atoms with Crippen LogP contribution in [0, 0.1) is 5.82 Å². The molecule has 0 aliphatic heterocycles. The van der Waals surface area contributed by atoms with Crippen LogP contribution in [0.3, 0.4) is 0 Å². The highest BCUT2D eigenvalue weighted by Crippen LogP contribution is 2.21. The van der Waals surface area contributed by atoms with E-state index in [0.717, 1.165) is 11.3 Å². The van der Waals surface area contributed by atoms with Gasteiger partial charge in [0.15, 0.2) is 11.6 Å². The maximum absolute atomic E-state index is 13.6. The van der Waals surface area contributed by atoms with E-state index >= 15 is 0 Å². The Balaban J connectivity index is 2.49. The molecule has 2 N–H and O–H groups in total. The number of rotatable bonds is 6. The summed E-state index contributed by atoms with van der Waals surface area (Å²) < 4.78 is 19.0. The van der Waals surface area contributed by atoms with Crippen LogP contribution in [0.15, 0.2) is 18.2 Å². The van der Waals surface area contributed by atoms with Crippen LogP contribution in [0.4, 0.5) is 4.39 Å². The minimum atomic E-state index is -0.339. The highest BCUT2D eigenvalue weighted by atomic mass is 32.2. The minimum Gasteiger partial charge on any atom is -0.490 e. The molecule has 1 aromatic carbocycles. The summed E-state index contributed by atoms with van der Waals surface area (Å²) in [6.45, 7) is 6.61. The third-order valence-electron chi connectivity index (χ3n) is 2.27. The zero-order valence-corrected chi connectivity index (χ0v) is 11.4. The van der Waals surface area contributed by atoms with Crippen LogP contribution in [0.1, 0.15) is 32.4 Å². The predicted octanol–water partition coefficient (Wildman–Crippen LogP) is 3.37. The molecule has 0 unspecified atom stereocenters. The average Bonchev–Trinajstić information content (AvgIpc) is 2.25. The minimum absolute atomic E-state index is 0.157. The molecule has 1 atom stereocenters. The van der Waals surface area contributed by atoms with Crippen molar-refractivity contribution in [3.05, 3.63) is 29.6 Å². The summed E-state index contributed by atoms with van der Waals surface area (Å²) in [4.78, 5) is 0. The second-order valence-corrected chi connectivity index (χ2v) is 5.93.